The predicted molar refractivity (Wildman–Crippen MR) is 104 cm³/mol. The third-order valence-electron chi connectivity index (χ3n) is 4.09. The average Bonchev–Trinajstić information content (AvgIpc) is 2.71. The first kappa shape index (κ1) is 21.1. The van der Waals surface area contributed by atoms with Crippen LogP contribution in [0.15, 0.2) is 42.5 Å². The lowest BCUT2D eigenvalue weighted by Crippen LogP contribution is -2.30. The third-order valence-corrected chi connectivity index (χ3v) is 4.09. The van der Waals surface area contributed by atoms with Crippen LogP contribution in [0.5, 0.6) is 17.2 Å². The summed E-state index contributed by atoms with van der Waals surface area (Å²) in [5.74, 6) is 0.208. The van der Waals surface area contributed by atoms with E-state index in [1.807, 2.05) is 6.92 Å². The van der Waals surface area contributed by atoms with Gasteiger partial charge in [-0.1, -0.05) is 19.1 Å². The number of amides is 1. The summed E-state index contributed by atoms with van der Waals surface area (Å²) >= 11 is 0. The smallest absolute Gasteiger partial charge is 0.305 e. The molecule has 7 nitrogen and oxygen atoms in total. The van der Waals surface area contributed by atoms with Crippen molar-refractivity contribution in [1.82, 2.24) is 5.32 Å². The summed E-state index contributed by atoms with van der Waals surface area (Å²) in [6, 6.07) is 11.1. The summed E-state index contributed by atoms with van der Waals surface area (Å²) in [4.78, 5) is 23.9. The van der Waals surface area contributed by atoms with E-state index in [-0.39, 0.29) is 6.42 Å². The second-order valence-corrected chi connectivity index (χ2v) is 6.11. The van der Waals surface area contributed by atoms with Gasteiger partial charge in [-0.2, -0.15) is 0 Å². The van der Waals surface area contributed by atoms with Crippen LogP contribution in [0.2, 0.25) is 0 Å². The van der Waals surface area contributed by atoms with Gasteiger partial charge in [0.25, 0.3) is 5.91 Å². The molecule has 2 rings (SSSR count). The maximum atomic E-state index is 12.7. The number of carboxylic acid groups (broad SMARTS) is 1. The zero-order chi connectivity index (χ0) is 20.5. The molecule has 2 aromatic carbocycles. The van der Waals surface area contributed by atoms with Gasteiger partial charge in [0.2, 0.25) is 0 Å². The number of hydrogen-bond acceptors (Lipinski definition) is 5. The van der Waals surface area contributed by atoms with Gasteiger partial charge < -0.3 is 24.6 Å². The van der Waals surface area contributed by atoms with Crippen molar-refractivity contribution >= 4 is 11.9 Å². The minimum atomic E-state index is -1.01. The molecule has 0 aliphatic carbocycles. The Morgan fingerprint density at radius 1 is 1.04 bits per heavy atom. The van der Waals surface area contributed by atoms with Crippen LogP contribution in [-0.4, -0.2) is 37.8 Å². The van der Waals surface area contributed by atoms with Crippen LogP contribution in [0, 0.1) is 0 Å². The number of aliphatic carboxylic acids is 1. The standard InChI is InChI=1S/C21H25NO6/c1-4-11-28-16-8-5-14(6-9-16)17(13-20(23)24)22-21(25)15-7-10-18(26-2)19(12-15)27-3/h5-10,12,17H,4,11,13H2,1-3H3,(H,22,25)(H,23,24). The maximum Gasteiger partial charge on any atom is 0.305 e. The van der Waals surface area contributed by atoms with Gasteiger partial charge in [0.15, 0.2) is 11.5 Å². The van der Waals surface area contributed by atoms with Crippen molar-refractivity contribution in [2.24, 2.45) is 0 Å². The van der Waals surface area contributed by atoms with Gasteiger partial charge in [-0.15, -0.1) is 0 Å². The first-order valence-corrected chi connectivity index (χ1v) is 8.96. The highest BCUT2D eigenvalue weighted by atomic mass is 16.5. The van der Waals surface area contributed by atoms with Gasteiger partial charge in [0.05, 0.1) is 33.3 Å². The number of carboxylic acids is 1. The molecule has 0 spiro atoms. The number of methoxy groups -OCH3 is 2. The Bertz CT molecular complexity index is 803. The largest absolute Gasteiger partial charge is 0.494 e. The Hall–Kier alpha value is -3.22. The van der Waals surface area contributed by atoms with Crippen LogP contribution in [0.3, 0.4) is 0 Å². The van der Waals surface area contributed by atoms with Crippen LogP contribution in [0.4, 0.5) is 0 Å². The summed E-state index contributed by atoms with van der Waals surface area (Å²) in [7, 11) is 2.99. The van der Waals surface area contributed by atoms with Crippen molar-refractivity contribution in [3.63, 3.8) is 0 Å². The summed E-state index contributed by atoms with van der Waals surface area (Å²) in [6.07, 6.45) is 0.652. The van der Waals surface area contributed by atoms with E-state index < -0.39 is 17.9 Å². The van der Waals surface area contributed by atoms with Crippen LogP contribution < -0.4 is 19.5 Å². The van der Waals surface area contributed by atoms with Gasteiger partial charge >= 0.3 is 5.97 Å². The summed E-state index contributed by atoms with van der Waals surface area (Å²) in [5.41, 5.74) is 1.02. The zero-order valence-electron chi connectivity index (χ0n) is 16.2. The fraction of sp³-hybridized carbons (Fsp3) is 0.333. The third kappa shape index (κ3) is 5.64. The minimum Gasteiger partial charge on any atom is -0.494 e. The normalized spacial score (nSPS) is 11.4. The SMILES string of the molecule is CCCOc1ccc(C(CC(=O)O)NC(=O)c2ccc(OC)c(OC)c2)cc1. The molecule has 7 heteroatoms. The molecule has 0 radical (unpaired) electrons. The quantitative estimate of drug-likeness (QED) is 0.649. The number of benzene rings is 2. The van der Waals surface area contributed by atoms with Gasteiger partial charge in [0, 0.05) is 5.56 Å². The van der Waals surface area contributed by atoms with E-state index in [9.17, 15) is 14.7 Å². The number of carbonyl (C=O) groups is 2. The Labute approximate surface area is 164 Å². The molecule has 150 valence electrons. The molecule has 2 N–H and O–H groups in total. The number of hydrogen-bond donors (Lipinski definition) is 2. The van der Waals surface area contributed by atoms with Crippen LogP contribution in [-0.2, 0) is 4.79 Å². The average molecular weight is 387 g/mol. The van der Waals surface area contributed by atoms with E-state index >= 15 is 0 Å². The van der Waals surface area contributed by atoms with Crippen molar-refractivity contribution < 1.29 is 28.9 Å². The van der Waals surface area contributed by atoms with Crippen LogP contribution in [0.1, 0.15) is 41.7 Å². The molecule has 0 aliphatic heterocycles. The second kappa shape index (κ2) is 10.2. The fourth-order valence-corrected chi connectivity index (χ4v) is 2.66. The molecule has 0 bridgehead atoms. The van der Waals surface area contributed by atoms with E-state index in [1.54, 1.807) is 42.5 Å². The van der Waals surface area contributed by atoms with E-state index in [0.717, 1.165) is 6.42 Å². The molecule has 0 saturated heterocycles. The monoisotopic (exact) mass is 387 g/mol. The molecule has 0 aliphatic rings. The Morgan fingerprint density at radius 3 is 2.29 bits per heavy atom. The van der Waals surface area contributed by atoms with Crippen LogP contribution >= 0.6 is 0 Å². The molecular formula is C21H25NO6. The second-order valence-electron chi connectivity index (χ2n) is 6.11. The Morgan fingerprint density at radius 2 is 1.71 bits per heavy atom. The van der Waals surface area contributed by atoms with Crippen molar-refractivity contribution in [1.29, 1.82) is 0 Å². The van der Waals surface area contributed by atoms with Gasteiger partial charge in [0.1, 0.15) is 5.75 Å². The molecule has 0 heterocycles. The lowest BCUT2D eigenvalue weighted by Gasteiger charge is -2.18. The highest BCUT2D eigenvalue weighted by Gasteiger charge is 2.20. The molecule has 28 heavy (non-hydrogen) atoms. The maximum absolute atomic E-state index is 12.7. The lowest BCUT2D eigenvalue weighted by atomic mass is 10.0. The molecular weight excluding hydrogens is 362 g/mol. The minimum absolute atomic E-state index is 0.242. The summed E-state index contributed by atoms with van der Waals surface area (Å²) in [6.45, 7) is 2.62. The molecule has 0 fully saturated rings. The number of carbonyl (C=O) groups excluding carboxylic acids is 1. The lowest BCUT2D eigenvalue weighted by molar-refractivity contribution is -0.137. The van der Waals surface area contributed by atoms with Crippen molar-refractivity contribution in [2.45, 2.75) is 25.8 Å². The molecule has 2 aromatic rings. The number of nitrogens with one attached hydrogen (secondary N) is 1. The predicted octanol–water partition coefficient (Wildman–Crippen LogP) is 3.44. The van der Waals surface area contributed by atoms with Gasteiger partial charge in [-0.3, -0.25) is 9.59 Å². The number of ether oxygens (including phenoxy) is 3. The van der Waals surface area contributed by atoms with E-state index in [4.69, 9.17) is 14.2 Å². The van der Waals surface area contributed by atoms with Crippen molar-refractivity contribution in [3.8, 4) is 17.2 Å². The highest BCUT2D eigenvalue weighted by molar-refractivity contribution is 5.95. The van der Waals surface area contributed by atoms with Gasteiger partial charge in [-0.05, 0) is 42.3 Å². The first-order chi connectivity index (χ1) is 13.5. The van der Waals surface area contributed by atoms with Gasteiger partial charge in [-0.25, -0.2) is 0 Å². The summed E-state index contributed by atoms with van der Waals surface area (Å²) in [5, 5.41) is 12.0. The molecule has 1 unspecified atom stereocenters. The summed E-state index contributed by atoms with van der Waals surface area (Å²) < 4.78 is 15.9. The Kier molecular flexibility index (Phi) is 7.68. The Balaban J connectivity index is 2.19. The molecule has 0 saturated carbocycles. The van der Waals surface area contributed by atoms with Crippen LogP contribution in [0.25, 0.3) is 0 Å². The number of rotatable bonds is 10. The van der Waals surface area contributed by atoms with Crippen molar-refractivity contribution in [3.05, 3.63) is 53.6 Å². The highest BCUT2D eigenvalue weighted by Crippen LogP contribution is 2.28. The fourth-order valence-electron chi connectivity index (χ4n) is 2.66. The molecule has 1 amide bonds. The molecule has 0 aromatic heterocycles. The van der Waals surface area contributed by atoms with Crippen molar-refractivity contribution in [2.75, 3.05) is 20.8 Å². The first-order valence-electron chi connectivity index (χ1n) is 8.96. The topological polar surface area (TPSA) is 94.1 Å². The van der Waals surface area contributed by atoms with E-state index in [2.05, 4.69) is 5.32 Å². The zero-order valence-corrected chi connectivity index (χ0v) is 16.2. The van der Waals surface area contributed by atoms with E-state index in [1.165, 1.54) is 14.2 Å². The van der Waals surface area contributed by atoms with E-state index in [0.29, 0.717) is 35.0 Å². The molecule has 1 atom stereocenters.